The third kappa shape index (κ3) is 4.10. The summed E-state index contributed by atoms with van der Waals surface area (Å²) in [5.74, 6) is 1.97. The molecule has 1 aliphatic heterocycles. The number of hydrogen-bond acceptors (Lipinski definition) is 3. The fourth-order valence-electron chi connectivity index (χ4n) is 6.39. The van der Waals surface area contributed by atoms with Crippen molar-refractivity contribution in [1.82, 2.24) is 14.5 Å². The maximum absolute atomic E-state index is 13.7. The van der Waals surface area contributed by atoms with Crippen LogP contribution in [0.25, 0.3) is 22.3 Å². The number of benzene rings is 1. The van der Waals surface area contributed by atoms with E-state index in [0.29, 0.717) is 23.8 Å². The van der Waals surface area contributed by atoms with Gasteiger partial charge in [-0.05, 0) is 95.8 Å². The van der Waals surface area contributed by atoms with E-state index in [1.54, 1.807) is 0 Å². The van der Waals surface area contributed by atoms with Crippen LogP contribution in [0.2, 0.25) is 0 Å². The molecule has 0 N–H and O–H groups in total. The molecule has 0 atom stereocenters. The van der Waals surface area contributed by atoms with Crippen molar-refractivity contribution in [3.05, 3.63) is 54.0 Å². The van der Waals surface area contributed by atoms with Crippen molar-refractivity contribution >= 4 is 22.6 Å². The number of carbonyl (C=O) groups excluding carboxylic acids is 1. The lowest BCUT2D eigenvalue weighted by Gasteiger charge is -2.43. The number of anilines is 1. The van der Waals surface area contributed by atoms with E-state index in [-0.39, 0.29) is 11.9 Å². The first-order valence-electron chi connectivity index (χ1n) is 14.6. The quantitative estimate of drug-likeness (QED) is 0.289. The first-order valence-corrected chi connectivity index (χ1v) is 14.6. The smallest absolute Gasteiger partial charge is 0.237 e. The number of aromatic nitrogens is 3. The van der Waals surface area contributed by atoms with Gasteiger partial charge in [-0.25, -0.2) is 4.98 Å². The van der Waals surface area contributed by atoms with Crippen molar-refractivity contribution in [2.24, 2.45) is 11.8 Å². The molecule has 2 fully saturated rings. The van der Waals surface area contributed by atoms with E-state index in [4.69, 9.17) is 9.97 Å². The molecule has 5 nitrogen and oxygen atoms in total. The van der Waals surface area contributed by atoms with Crippen molar-refractivity contribution in [2.75, 3.05) is 4.90 Å². The van der Waals surface area contributed by atoms with Gasteiger partial charge >= 0.3 is 0 Å². The Balaban J connectivity index is 1.33. The van der Waals surface area contributed by atoms with Crippen LogP contribution in [-0.2, 0) is 10.2 Å². The number of rotatable bonds is 8. The zero-order valence-corrected chi connectivity index (χ0v) is 23.9. The van der Waals surface area contributed by atoms with Gasteiger partial charge in [-0.3, -0.25) is 9.78 Å². The molecule has 0 spiro atoms. The van der Waals surface area contributed by atoms with E-state index in [0.717, 1.165) is 47.3 Å². The van der Waals surface area contributed by atoms with Crippen LogP contribution in [0, 0.1) is 11.8 Å². The van der Waals surface area contributed by atoms with Crippen LogP contribution in [0.1, 0.15) is 103 Å². The molecule has 1 aromatic carbocycles. The van der Waals surface area contributed by atoms with Gasteiger partial charge in [0, 0.05) is 29.3 Å². The SMILES string of the molecule is C=C(CCC(C)C)C1CC(N2C(=O)C(C)(C)c3ccc(-c4cc5ncn(C(C)C)c5c(C5CC5)n4)cc32)C1. The molecule has 3 aliphatic rings. The lowest BCUT2D eigenvalue weighted by molar-refractivity contribution is -0.123. The van der Waals surface area contributed by atoms with E-state index in [1.165, 1.54) is 36.0 Å². The maximum atomic E-state index is 13.7. The molecule has 0 unspecified atom stereocenters. The molecule has 1 amide bonds. The first kappa shape index (κ1) is 25.3. The second kappa shape index (κ2) is 9.07. The van der Waals surface area contributed by atoms with E-state index in [2.05, 4.69) is 81.9 Å². The molecule has 2 aromatic heterocycles. The number of hydrogen-bond donors (Lipinski definition) is 0. The molecule has 3 heterocycles. The Labute approximate surface area is 227 Å². The second-order valence-electron chi connectivity index (χ2n) is 13.2. The Morgan fingerprint density at radius 1 is 1.13 bits per heavy atom. The number of pyridine rings is 1. The summed E-state index contributed by atoms with van der Waals surface area (Å²) in [5, 5.41) is 0. The Kier molecular flexibility index (Phi) is 6.04. The van der Waals surface area contributed by atoms with Crippen molar-refractivity contribution in [3.63, 3.8) is 0 Å². The van der Waals surface area contributed by atoms with Crippen LogP contribution >= 0.6 is 0 Å². The maximum Gasteiger partial charge on any atom is 0.237 e. The lowest BCUT2D eigenvalue weighted by Crippen LogP contribution is -2.49. The van der Waals surface area contributed by atoms with Crippen LogP contribution in [0.3, 0.4) is 0 Å². The largest absolute Gasteiger partial charge is 0.327 e. The zero-order valence-electron chi connectivity index (χ0n) is 23.9. The normalized spacial score (nSPS) is 22.4. The summed E-state index contributed by atoms with van der Waals surface area (Å²) >= 11 is 0. The third-order valence-electron chi connectivity index (χ3n) is 9.18. The first-order chi connectivity index (χ1) is 18.1. The molecular formula is C33H42N4O. The van der Waals surface area contributed by atoms with Gasteiger partial charge in [-0.1, -0.05) is 38.1 Å². The fourth-order valence-corrected chi connectivity index (χ4v) is 6.39. The summed E-state index contributed by atoms with van der Waals surface area (Å²) in [5.41, 5.74) is 8.45. The Morgan fingerprint density at radius 2 is 1.87 bits per heavy atom. The Hall–Kier alpha value is -2.95. The highest BCUT2D eigenvalue weighted by molar-refractivity contribution is 6.08. The van der Waals surface area contributed by atoms with Crippen LogP contribution in [0.5, 0.6) is 0 Å². The van der Waals surface area contributed by atoms with E-state index >= 15 is 0 Å². The molecule has 200 valence electrons. The van der Waals surface area contributed by atoms with Gasteiger partial charge in [-0.15, -0.1) is 0 Å². The number of allylic oxidation sites excluding steroid dienone is 1. The van der Waals surface area contributed by atoms with E-state index < -0.39 is 5.41 Å². The van der Waals surface area contributed by atoms with Gasteiger partial charge in [0.2, 0.25) is 5.91 Å². The third-order valence-corrected chi connectivity index (χ3v) is 9.18. The van der Waals surface area contributed by atoms with Crippen molar-refractivity contribution in [1.29, 1.82) is 0 Å². The second-order valence-corrected chi connectivity index (χ2v) is 13.2. The number of carbonyl (C=O) groups is 1. The topological polar surface area (TPSA) is 51.0 Å². The standard InChI is InChI=1S/C33H42N4O/c1-19(2)8-9-21(5)24-14-25(15-24)37-29-16-23(12-13-26(29)33(6,7)32(37)38)27-17-28-31(30(35-27)22-10-11-22)36(18-34-28)20(3)4/h12-13,16-20,22,24-25H,5,8-11,14-15H2,1-4,6-7H3. The lowest BCUT2D eigenvalue weighted by atomic mass is 9.73. The molecule has 0 saturated heterocycles. The number of fused-ring (bicyclic) bond motifs is 2. The predicted molar refractivity (Wildman–Crippen MR) is 156 cm³/mol. The zero-order chi connectivity index (χ0) is 26.9. The molecule has 6 rings (SSSR count). The highest BCUT2D eigenvalue weighted by atomic mass is 16.2. The van der Waals surface area contributed by atoms with E-state index in [9.17, 15) is 4.79 Å². The Morgan fingerprint density at radius 3 is 2.53 bits per heavy atom. The fraction of sp³-hybridized carbons (Fsp3) is 0.545. The van der Waals surface area contributed by atoms with Crippen molar-refractivity contribution in [2.45, 2.75) is 103 Å². The summed E-state index contributed by atoms with van der Waals surface area (Å²) in [4.78, 5) is 25.8. The minimum atomic E-state index is -0.514. The number of amides is 1. The molecule has 5 heteroatoms. The predicted octanol–water partition coefficient (Wildman–Crippen LogP) is 7.95. The summed E-state index contributed by atoms with van der Waals surface area (Å²) in [6, 6.07) is 9.26. The monoisotopic (exact) mass is 510 g/mol. The van der Waals surface area contributed by atoms with Gasteiger partial charge in [0.15, 0.2) is 0 Å². The molecular weight excluding hydrogens is 468 g/mol. The summed E-state index contributed by atoms with van der Waals surface area (Å²) in [6.07, 6.45) is 8.68. The summed E-state index contributed by atoms with van der Waals surface area (Å²) in [6.45, 7) is 17.5. The van der Waals surface area contributed by atoms with Crippen molar-refractivity contribution < 1.29 is 4.79 Å². The van der Waals surface area contributed by atoms with Crippen LogP contribution < -0.4 is 4.90 Å². The minimum Gasteiger partial charge on any atom is -0.327 e. The van der Waals surface area contributed by atoms with Gasteiger partial charge in [0.05, 0.1) is 34.2 Å². The highest BCUT2D eigenvalue weighted by Crippen LogP contribution is 2.50. The number of nitrogens with zero attached hydrogens (tertiary/aromatic N) is 4. The van der Waals surface area contributed by atoms with Gasteiger partial charge in [0.25, 0.3) is 0 Å². The molecule has 0 bridgehead atoms. The van der Waals surface area contributed by atoms with Crippen molar-refractivity contribution in [3.8, 4) is 11.3 Å². The molecule has 38 heavy (non-hydrogen) atoms. The average Bonchev–Trinajstić information content (AvgIpc) is 3.57. The Bertz CT molecular complexity index is 1420. The minimum absolute atomic E-state index is 0.221. The van der Waals surface area contributed by atoms with Crippen LogP contribution in [0.15, 0.2) is 42.7 Å². The van der Waals surface area contributed by atoms with Gasteiger partial charge in [-0.2, -0.15) is 0 Å². The summed E-state index contributed by atoms with van der Waals surface area (Å²) < 4.78 is 2.26. The van der Waals surface area contributed by atoms with Gasteiger partial charge < -0.3 is 9.47 Å². The molecule has 2 saturated carbocycles. The highest BCUT2D eigenvalue weighted by Gasteiger charge is 2.49. The van der Waals surface area contributed by atoms with Gasteiger partial charge in [0.1, 0.15) is 0 Å². The van der Waals surface area contributed by atoms with Crippen LogP contribution in [-0.4, -0.2) is 26.5 Å². The summed E-state index contributed by atoms with van der Waals surface area (Å²) in [7, 11) is 0. The van der Waals surface area contributed by atoms with E-state index in [1.807, 2.05) is 6.33 Å². The van der Waals surface area contributed by atoms with Crippen LogP contribution in [0.4, 0.5) is 5.69 Å². The average molecular weight is 511 g/mol. The number of imidazole rings is 1. The molecule has 0 radical (unpaired) electrons. The molecule has 3 aromatic rings. The molecule has 2 aliphatic carbocycles.